The molecule has 0 radical (unpaired) electrons. The molecule has 2 heterocycles. The molecule has 0 saturated carbocycles. The second-order valence-corrected chi connectivity index (χ2v) is 4.56. The van der Waals surface area contributed by atoms with Gasteiger partial charge in [0.15, 0.2) is 0 Å². The Morgan fingerprint density at radius 1 is 1.30 bits per heavy atom. The molecule has 6 nitrogen and oxygen atoms in total. The maximum atomic E-state index is 11.7. The summed E-state index contributed by atoms with van der Waals surface area (Å²) in [4.78, 5) is 22.3. The molecule has 0 saturated heterocycles. The number of hydrogen-bond acceptors (Lipinski definition) is 5. The van der Waals surface area contributed by atoms with Crippen LogP contribution in [0.3, 0.4) is 0 Å². The van der Waals surface area contributed by atoms with Crippen LogP contribution in [-0.2, 0) is 11.3 Å². The Labute approximate surface area is 116 Å². The van der Waals surface area contributed by atoms with Crippen LogP contribution in [0.15, 0.2) is 36.7 Å². The Bertz CT molecular complexity index is 626. The third-order valence-electron chi connectivity index (χ3n) is 3.17. The number of fused-ring (bicyclic) bond motifs is 1. The topological polar surface area (TPSA) is 70.2 Å². The fraction of sp³-hybridized carbons (Fsp3) is 0.214. The summed E-state index contributed by atoms with van der Waals surface area (Å²) in [5, 5.41) is 5.80. The normalized spacial score (nSPS) is 13.7. The van der Waals surface area contributed by atoms with Gasteiger partial charge in [0.25, 0.3) is 0 Å². The molecule has 1 amide bonds. The average Bonchev–Trinajstić information content (AvgIpc) is 2.48. The third-order valence-corrected chi connectivity index (χ3v) is 3.17. The lowest BCUT2D eigenvalue weighted by Gasteiger charge is -2.30. The molecule has 3 rings (SSSR count). The van der Waals surface area contributed by atoms with Crippen molar-refractivity contribution in [3.63, 3.8) is 0 Å². The van der Waals surface area contributed by atoms with E-state index in [9.17, 15) is 4.79 Å². The third kappa shape index (κ3) is 2.40. The van der Waals surface area contributed by atoms with Gasteiger partial charge in [-0.3, -0.25) is 9.78 Å². The smallest absolute Gasteiger partial charge is 0.243 e. The van der Waals surface area contributed by atoms with Crippen molar-refractivity contribution in [2.75, 3.05) is 29.1 Å². The predicted molar refractivity (Wildman–Crippen MR) is 77.7 cm³/mol. The summed E-state index contributed by atoms with van der Waals surface area (Å²) in [5.74, 6) is 0.717. The van der Waals surface area contributed by atoms with Gasteiger partial charge in [0.2, 0.25) is 5.91 Å². The first kappa shape index (κ1) is 12.4. The van der Waals surface area contributed by atoms with E-state index in [1.165, 1.54) is 0 Å². The summed E-state index contributed by atoms with van der Waals surface area (Å²) >= 11 is 0. The Morgan fingerprint density at radius 3 is 2.90 bits per heavy atom. The summed E-state index contributed by atoms with van der Waals surface area (Å²) in [6.07, 6.45) is 3.41. The number of para-hydroxylation sites is 2. The van der Waals surface area contributed by atoms with Gasteiger partial charge in [0.1, 0.15) is 5.82 Å². The molecule has 0 unspecified atom stereocenters. The summed E-state index contributed by atoms with van der Waals surface area (Å²) in [5.41, 5.74) is 2.67. The van der Waals surface area contributed by atoms with Gasteiger partial charge in [-0.25, -0.2) is 4.98 Å². The quantitative estimate of drug-likeness (QED) is 0.883. The number of nitrogens with one attached hydrogen (secondary N) is 2. The Kier molecular flexibility index (Phi) is 3.20. The van der Waals surface area contributed by atoms with E-state index in [0.29, 0.717) is 13.1 Å². The molecule has 102 valence electrons. The van der Waals surface area contributed by atoms with Gasteiger partial charge in [-0.2, -0.15) is 0 Å². The lowest BCUT2D eigenvalue weighted by molar-refractivity contribution is -0.115. The van der Waals surface area contributed by atoms with Crippen molar-refractivity contribution in [3.05, 3.63) is 42.4 Å². The molecule has 0 atom stereocenters. The van der Waals surface area contributed by atoms with Crippen LogP contribution >= 0.6 is 0 Å². The summed E-state index contributed by atoms with van der Waals surface area (Å²) in [7, 11) is 1.80. The van der Waals surface area contributed by atoms with E-state index in [0.717, 1.165) is 22.9 Å². The second kappa shape index (κ2) is 5.16. The van der Waals surface area contributed by atoms with Gasteiger partial charge in [-0.05, 0) is 12.1 Å². The summed E-state index contributed by atoms with van der Waals surface area (Å²) in [6, 6.07) is 7.75. The predicted octanol–water partition coefficient (Wildman–Crippen LogP) is 1.48. The van der Waals surface area contributed by atoms with E-state index in [4.69, 9.17) is 0 Å². The molecule has 0 aliphatic carbocycles. The zero-order chi connectivity index (χ0) is 13.9. The highest BCUT2D eigenvalue weighted by atomic mass is 16.2. The molecule has 20 heavy (non-hydrogen) atoms. The Balaban J connectivity index is 1.85. The molecule has 1 aliphatic heterocycles. The molecular formula is C14H15N5O. The molecule has 6 heteroatoms. The number of hydrogen-bond donors (Lipinski definition) is 2. The minimum Gasteiger partial charge on any atom is -0.372 e. The largest absolute Gasteiger partial charge is 0.372 e. The van der Waals surface area contributed by atoms with Crippen LogP contribution in [0, 0.1) is 0 Å². The van der Waals surface area contributed by atoms with Crippen molar-refractivity contribution in [1.29, 1.82) is 0 Å². The van der Waals surface area contributed by atoms with Crippen LogP contribution in [0.1, 0.15) is 5.69 Å². The lowest BCUT2D eigenvalue weighted by Crippen LogP contribution is -2.37. The number of anilines is 3. The first-order valence-electron chi connectivity index (χ1n) is 6.39. The highest BCUT2D eigenvalue weighted by Crippen LogP contribution is 2.29. The number of carbonyl (C=O) groups excluding carboxylic acids is 1. The monoisotopic (exact) mass is 269 g/mol. The number of amides is 1. The van der Waals surface area contributed by atoms with Crippen molar-refractivity contribution in [3.8, 4) is 0 Å². The number of nitrogens with zero attached hydrogens (tertiary/aromatic N) is 3. The van der Waals surface area contributed by atoms with Crippen LogP contribution in [-0.4, -0.2) is 29.5 Å². The number of benzene rings is 1. The highest BCUT2D eigenvalue weighted by molar-refractivity contribution is 6.01. The summed E-state index contributed by atoms with van der Waals surface area (Å²) in [6.45, 7) is 0.883. The fourth-order valence-electron chi connectivity index (χ4n) is 2.21. The minimum absolute atomic E-state index is 0.0106. The maximum Gasteiger partial charge on any atom is 0.243 e. The number of aromatic nitrogens is 2. The van der Waals surface area contributed by atoms with Crippen molar-refractivity contribution in [1.82, 2.24) is 9.97 Å². The fourth-order valence-corrected chi connectivity index (χ4v) is 2.21. The molecule has 0 bridgehead atoms. The first-order chi connectivity index (χ1) is 9.76. The first-order valence-corrected chi connectivity index (χ1v) is 6.39. The second-order valence-electron chi connectivity index (χ2n) is 4.56. The molecule has 1 aromatic heterocycles. The minimum atomic E-state index is -0.0106. The van der Waals surface area contributed by atoms with E-state index < -0.39 is 0 Å². The van der Waals surface area contributed by atoms with Crippen LogP contribution in [0.4, 0.5) is 17.2 Å². The number of carbonyl (C=O) groups is 1. The van der Waals surface area contributed by atoms with Gasteiger partial charge in [-0.1, -0.05) is 12.1 Å². The SMILES string of the molecule is CNc1cnc(CN2CC(=O)Nc3ccccc32)cn1. The molecule has 2 aromatic rings. The lowest BCUT2D eigenvalue weighted by atomic mass is 10.2. The van der Waals surface area contributed by atoms with E-state index in [1.807, 2.05) is 29.2 Å². The standard InChI is InChI=1S/C14H15N5O/c1-15-13-7-16-10(6-17-13)8-19-9-14(20)18-11-4-2-3-5-12(11)19/h2-7H,8-9H2,1H3,(H,15,17)(H,18,20). The van der Waals surface area contributed by atoms with Crippen molar-refractivity contribution in [2.24, 2.45) is 0 Å². The van der Waals surface area contributed by atoms with Crippen LogP contribution in [0.25, 0.3) is 0 Å². The van der Waals surface area contributed by atoms with Gasteiger partial charge < -0.3 is 15.5 Å². The molecule has 0 spiro atoms. The maximum absolute atomic E-state index is 11.7. The summed E-state index contributed by atoms with van der Waals surface area (Å²) < 4.78 is 0. The van der Waals surface area contributed by atoms with Gasteiger partial charge in [0.05, 0.1) is 42.6 Å². The van der Waals surface area contributed by atoms with Crippen molar-refractivity contribution >= 4 is 23.1 Å². The zero-order valence-electron chi connectivity index (χ0n) is 11.1. The molecule has 1 aromatic carbocycles. The van der Waals surface area contributed by atoms with Crippen LogP contribution < -0.4 is 15.5 Å². The molecule has 2 N–H and O–H groups in total. The van der Waals surface area contributed by atoms with Gasteiger partial charge in [-0.15, -0.1) is 0 Å². The van der Waals surface area contributed by atoms with E-state index in [1.54, 1.807) is 19.4 Å². The van der Waals surface area contributed by atoms with Gasteiger partial charge in [0, 0.05) is 7.05 Å². The van der Waals surface area contributed by atoms with E-state index in [2.05, 4.69) is 20.6 Å². The number of rotatable bonds is 3. The van der Waals surface area contributed by atoms with Crippen molar-refractivity contribution < 1.29 is 4.79 Å². The Morgan fingerprint density at radius 2 is 2.15 bits per heavy atom. The highest BCUT2D eigenvalue weighted by Gasteiger charge is 2.21. The molecular weight excluding hydrogens is 254 g/mol. The van der Waals surface area contributed by atoms with Crippen LogP contribution in [0.5, 0.6) is 0 Å². The van der Waals surface area contributed by atoms with Gasteiger partial charge >= 0.3 is 0 Å². The van der Waals surface area contributed by atoms with E-state index in [-0.39, 0.29) is 5.91 Å². The average molecular weight is 269 g/mol. The zero-order valence-corrected chi connectivity index (χ0v) is 11.1. The Hall–Kier alpha value is -2.63. The van der Waals surface area contributed by atoms with E-state index >= 15 is 0 Å². The van der Waals surface area contributed by atoms with Crippen LogP contribution in [0.2, 0.25) is 0 Å². The molecule has 0 fully saturated rings. The molecule has 1 aliphatic rings. The van der Waals surface area contributed by atoms with Crippen molar-refractivity contribution in [2.45, 2.75) is 6.54 Å².